The standard InChI is InChI=1S/C20H24N2/c1-2-9-19-17(6-1)7-5-10-20(19)11-14-22(15-12-20)16-18-8-3-4-13-21-18/h1-4,6,8-9,13H,5,7,10-12,14-16H2. The molecule has 0 atom stereocenters. The fourth-order valence-electron chi connectivity index (χ4n) is 4.39. The minimum atomic E-state index is 0.454. The summed E-state index contributed by atoms with van der Waals surface area (Å²) < 4.78 is 0. The molecule has 0 unspecified atom stereocenters. The number of hydrogen-bond donors (Lipinski definition) is 0. The van der Waals surface area contributed by atoms with Gasteiger partial charge in [-0.25, -0.2) is 0 Å². The van der Waals surface area contributed by atoms with Gasteiger partial charge in [0.25, 0.3) is 0 Å². The van der Waals surface area contributed by atoms with Crippen molar-refractivity contribution in [2.45, 2.75) is 44.1 Å². The van der Waals surface area contributed by atoms with Gasteiger partial charge in [-0.1, -0.05) is 30.3 Å². The third kappa shape index (κ3) is 2.56. The van der Waals surface area contributed by atoms with E-state index in [1.165, 1.54) is 50.9 Å². The SMILES string of the molecule is c1ccc(CN2CCC3(CCCc4ccccc43)CC2)nc1. The maximum absolute atomic E-state index is 4.47. The zero-order valence-corrected chi connectivity index (χ0v) is 13.2. The molecule has 114 valence electrons. The van der Waals surface area contributed by atoms with E-state index in [0.717, 1.165) is 6.54 Å². The summed E-state index contributed by atoms with van der Waals surface area (Å²) in [6.07, 6.45) is 8.51. The normalized spacial score (nSPS) is 20.7. The van der Waals surface area contributed by atoms with Crippen molar-refractivity contribution in [3.8, 4) is 0 Å². The van der Waals surface area contributed by atoms with Gasteiger partial charge in [-0.15, -0.1) is 0 Å². The van der Waals surface area contributed by atoms with Crippen LogP contribution in [0.4, 0.5) is 0 Å². The highest BCUT2D eigenvalue weighted by molar-refractivity contribution is 5.37. The van der Waals surface area contributed by atoms with Crippen LogP contribution in [-0.4, -0.2) is 23.0 Å². The van der Waals surface area contributed by atoms with Crippen molar-refractivity contribution in [2.75, 3.05) is 13.1 Å². The average molecular weight is 292 g/mol. The molecule has 0 bridgehead atoms. The number of fused-ring (bicyclic) bond motifs is 2. The largest absolute Gasteiger partial charge is 0.297 e. The Labute approximate surface area is 133 Å². The number of likely N-dealkylation sites (tertiary alicyclic amines) is 1. The predicted molar refractivity (Wildman–Crippen MR) is 89.8 cm³/mol. The van der Waals surface area contributed by atoms with Crippen LogP contribution in [0.2, 0.25) is 0 Å². The monoisotopic (exact) mass is 292 g/mol. The van der Waals surface area contributed by atoms with E-state index in [2.05, 4.69) is 46.3 Å². The first-order valence-electron chi connectivity index (χ1n) is 8.56. The molecule has 1 aromatic carbocycles. The summed E-state index contributed by atoms with van der Waals surface area (Å²) in [4.78, 5) is 7.05. The Hall–Kier alpha value is -1.67. The molecule has 2 heteroatoms. The van der Waals surface area contributed by atoms with Gasteiger partial charge >= 0.3 is 0 Å². The van der Waals surface area contributed by atoms with E-state index in [0.29, 0.717) is 5.41 Å². The number of rotatable bonds is 2. The molecule has 1 aliphatic heterocycles. The zero-order valence-electron chi connectivity index (χ0n) is 13.2. The van der Waals surface area contributed by atoms with Crippen molar-refractivity contribution in [1.82, 2.24) is 9.88 Å². The maximum Gasteiger partial charge on any atom is 0.0543 e. The summed E-state index contributed by atoms with van der Waals surface area (Å²) >= 11 is 0. The number of aryl methyl sites for hydroxylation is 1. The summed E-state index contributed by atoms with van der Waals surface area (Å²) in [5, 5.41) is 0. The molecular weight excluding hydrogens is 268 g/mol. The Kier molecular flexibility index (Phi) is 3.71. The molecule has 0 amide bonds. The molecular formula is C20H24N2. The highest BCUT2D eigenvalue weighted by Gasteiger charge is 2.38. The van der Waals surface area contributed by atoms with Gasteiger partial charge in [-0.2, -0.15) is 0 Å². The van der Waals surface area contributed by atoms with E-state index < -0.39 is 0 Å². The van der Waals surface area contributed by atoms with Crippen molar-refractivity contribution in [2.24, 2.45) is 0 Å². The average Bonchev–Trinajstić information content (AvgIpc) is 2.59. The van der Waals surface area contributed by atoms with Crippen LogP contribution in [0.5, 0.6) is 0 Å². The zero-order chi connectivity index (χ0) is 14.8. The number of hydrogen-bond acceptors (Lipinski definition) is 2. The van der Waals surface area contributed by atoms with Crippen molar-refractivity contribution >= 4 is 0 Å². The first-order chi connectivity index (χ1) is 10.9. The van der Waals surface area contributed by atoms with Gasteiger partial charge in [-0.05, 0) is 73.9 Å². The first kappa shape index (κ1) is 14.0. The molecule has 22 heavy (non-hydrogen) atoms. The number of aromatic nitrogens is 1. The van der Waals surface area contributed by atoms with E-state index in [1.807, 2.05) is 12.3 Å². The van der Waals surface area contributed by atoms with Crippen LogP contribution in [-0.2, 0) is 18.4 Å². The fraction of sp³-hybridized carbons (Fsp3) is 0.450. The van der Waals surface area contributed by atoms with Crippen LogP contribution < -0.4 is 0 Å². The lowest BCUT2D eigenvalue weighted by Gasteiger charge is -2.45. The summed E-state index contributed by atoms with van der Waals surface area (Å²) in [5.74, 6) is 0. The lowest BCUT2D eigenvalue weighted by Crippen LogP contribution is -2.44. The van der Waals surface area contributed by atoms with Gasteiger partial charge in [0.15, 0.2) is 0 Å². The minimum Gasteiger partial charge on any atom is -0.297 e. The molecule has 0 radical (unpaired) electrons. The topological polar surface area (TPSA) is 16.1 Å². The van der Waals surface area contributed by atoms with E-state index in [-0.39, 0.29) is 0 Å². The Morgan fingerprint density at radius 1 is 0.955 bits per heavy atom. The van der Waals surface area contributed by atoms with Crippen LogP contribution in [0.15, 0.2) is 48.7 Å². The second-order valence-electron chi connectivity index (χ2n) is 6.89. The molecule has 4 rings (SSSR count). The lowest BCUT2D eigenvalue weighted by molar-refractivity contribution is 0.138. The van der Waals surface area contributed by atoms with Gasteiger partial charge in [-0.3, -0.25) is 9.88 Å². The molecule has 2 aromatic rings. The number of pyridine rings is 1. The molecule has 2 heterocycles. The molecule has 0 saturated carbocycles. The number of piperidine rings is 1. The molecule has 2 aliphatic rings. The Bertz CT molecular complexity index is 627. The Morgan fingerprint density at radius 2 is 1.77 bits per heavy atom. The number of benzene rings is 1. The van der Waals surface area contributed by atoms with E-state index in [1.54, 1.807) is 11.1 Å². The van der Waals surface area contributed by atoms with Gasteiger partial charge in [0.05, 0.1) is 5.69 Å². The molecule has 0 N–H and O–H groups in total. The van der Waals surface area contributed by atoms with E-state index >= 15 is 0 Å². The minimum absolute atomic E-state index is 0.454. The highest BCUT2D eigenvalue weighted by atomic mass is 15.1. The van der Waals surface area contributed by atoms with Crippen LogP contribution in [0.3, 0.4) is 0 Å². The summed E-state index contributed by atoms with van der Waals surface area (Å²) in [6.45, 7) is 3.40. The smallest absolute Gasteiger partial charge is 0.0543 e. The van der Waals surface area contributed by atoms with Gasteiger partial charge in [0, 0.05) is 12.7 Å². The lowest BCUT2D eigenvalue weighted by atomic mass is 9.65. The van der Waals surface area contributed by atoms with Gasteiger partial charge in [0.1, 0.15) is 0 Å². The van der Waals surface area contributed by atoms with E-state index in [9.17, 15) is 0 Å². The predicted octanol–water partition coefficient (Wildman–Crippen LogP) is 3.95. The molecule has 1 aromatic heterocycles. The maximum atomic E-state index is 4.47. The molecule has 2 nitrogen and oxygen atoms in total. The Balaban J connectivity index is 1.48. The number of nitrogens with zero attached hydrogens (tertiary/aromatic N) is 2. The summed E-state index contributed by atoms with van der Waals surface area (Å²) in [5.41, 5.74) is 4.91. The van der Waals surface area contributed by atoms with Crippen molar-refractivity contribution < 1.29 is 0 Å². The second-order valence-corrected chi connectivity index (χ2v) is 6.89. The van der Waals surface area contributed by atoms with Crippen LogP contribution in [0, 0.1) is 0 Å². The van der Waals surface area contributed by atoms with Crippen molar-refractivity contribution in [3.05, 3.63) is 65.5 Å². The van der Waals surface area contributed by atoms with Crippen LogP contribution in [0.1, 0.15) is 42.5 Å². The van der Waals surface area contributed by atoms with Crippen LogP contribution >= 0.6 is 0 Å². The highest BCUT2D eigenvalue weighted by Crippen LogP contribution is 2.44. The van der Waals surface area contributed by atoms with Crippen molar-refractivity contribution in [3.63, 3.8) is 0 Å². The fourth-order valence-corrected chi connectivity index (χ4v) is 4.39. The molecule has 1 fully saturated rings. The van der Waals surface area contributed by atoms with E-state index in [4.69, 9.17) is 0 Å². The quantitative estimate of drug-likeness (QED) is 0.833. The van der Waals surface area contributed by atoms with Gasteiger partial charge < -0.3 is 0 Å². The molecule has 1 aliphatic carbocycles. The first-order valence-corrected chi connectivity index (χ1v) is 8.56. The third-order valence-electron chi connectivity index (χ3n) is 5.62. The second kappa shape index (κ2) is 5.85. The third-order valence-corrected chi connectivity index (χ3v) is 5.62. The molecule has 1 spiro atoms. The summed E-state index contributed by atoms with van der Waals surface area (Å²) in [7, 11) is 0. The molecule has 1 saturated heterocycles. The van der Waals surface area contributed by atoms with Gasteiger partial charge in [0.2, 0.25) is 0 Å². The summed E-state index contributed by atoms with van der Waals surface area (Å²) in [6, 6.07) is 15.4. The Morgan fingerprint density at radius 3 is 2.59 bits per heavy atom. The van der Waals surface area contributed by atoms with Crippen molar-refractivity contribution in [1.29, 1.82) is 0 Å². The van der Waals surface area contributed by atoms with Crippen LogP contribution in [0.25, 0.3) is 0 Å².